The number of carbonyl (C=O) groups is 1. The number of aldehydes is 1. The van der Waals surface area contributed by atoms with Crippen LogP contribution in [-0.2, 0) is 5.75 Å². The third-order valence-corrected chi connectivity index (χ3v) is 3.30. The third-order valence-electron chi connectivity index (χ3n) is 1.86. The zero-order valence-electron chi connectivity index (χ0n) is 8.22. The largest absolute Gasteiger partial charge is 0.457 e. The number of nitrogens with zero attached hydrogens (tertiary/aromatic N) is 1. The zero-order chi connectivity index (χ0) is 11.4. The predicted molar refractivity (Wildman–Crippen MR) is 65.6 cm³/mol. The average Bonchev–Trinajstić information content (AvgIpc) is 2.76. The Morgan fingerprint density at radius 3 is 2.88 bits per heavy atom. The van der Waals surface area contributed by atoms with Crippen LogP contribution < -0.4 is 0 Å². The molecule has 0 aliphatic rings. The Morgan fingerprint density at radius 2 is 2.25 bits per heavy atom. The van der Waals surface area contributed by atoms with E-state index < -0.39 is 0 Å². The zero-order valence-corrected chi connectivity index (χ0v) is 10.6. The minimum absolute atomic E-state index is 0.361. The number of rotatable bonds is 4. The van der Waals surface area contributed by atoms with Crippen LogP contribution in [0.1, 0.15) is 16.3 Å². The number of furan rings is 1. The van der Waals surface area contributed by atoms with Gasteiger partial charge in [0.25, 0.3) is 0 Å². The van der Waals surface area contributed by atoms with Gasteiger partial charge in [0.1, 0.15) is 5.76 Å². The highest BCUT2D eigenvalue weighted by atomic mass is 79.9. The molecule has 16 heavy (non-hydrogen) atoms. The first kappa shape index (κ1) is 11.4. The van der Waals surface area contributed by atoms with Crippen LogP contribution in [0.15, 0.2) is 44.4 Å². The molecular weight excluding hydrogens is 290 g/mol. The van der Waals surface area contributed by atoms with Gasteiger partial charge in [0.2, 0.25) is 0 Å². The van der Waals surface area contributed by atoms with Gasteiger partial charge in [-0.15, -0.1) is 0 Å². The Morgan fingerprint density at radius 1 is 1.38 bits per heavy atom. The number of hydrogen-bond acceptors (Lipinski definition) is 4. The van der Waals surface area contributed by atoms with Crippen LogP contribution in [0.4, 0.5) is 0 Å². The van der Waals surface area contributed by atoms with Crippen molar-refractivity contribution in [2.45, 2.75) is 10.8 Å². The van der Waals surface area contributed by atoms with Crippen LogP contribution in [0.2, 0.25) is 0 Å². The van der Waals surface area contributed by atoms with Gasteiger partial charge in [0.05, 0.1) is 10.8 Å². The maximum atomic E-state index is 10.4. The van der Waals surface area contributed by atoms with Crippen molar-refractivity contribution in [3.8, 4) is 0 Å². The molecule has 0 unspecified atom stereocenters. The fourth-order valence-electron chi connectivity index (χ4n) is 1.13. The van der Waals surface area contributed by atoms with E-state index in [1.54, 1.807) is 30.1 Å². The minimum atomic E-state index is 0.361. The maximum absolute atomic E-state index is 10.4. The standard InChI is InChI=1S/C11H8BrNO2S/c12-8-1-4-11(13-5-8)16-7-10-3-2-9(6-14)15-10/h1-6H,7H2. The number of carbonyl (C=O) groups excluding carboxylic acids is 1. The smallest absolute Gasteiger partial charge is 0.185 e. The molecule has 0 aliphatic carbocycles. The molecule has 0 bridgehead atoms. The van der Waals surface area contributed by atoms with Crippen molar-refractivity contribution in [2.75, 3.05) is 0 Å². The monoisotopic (exact) mass is 297 g/mol. The number of aromatic nitrogens is 1. The fourth-order valence-corrected chi connectivity index (χ4v) is 2.10. The first-order valence-corrected chi connectivity index (χ1v) is 6.34. The molecule has 2 aromatic heterocycles. The highest BCUT2D eigenvalue weighted by molar-refractivity contribution is 9.10. The summed E-state index contributed by atoms with van der Waals surface area (Å²) in [5.74, 6) is 1.80. The first-order chi connectivity index (χ1) is 7.78. The van der Waals surface area contributed by atoms with Crippen LogP contribution in [0.5, 0.6) is 0 Å². The Labute approximate surface area is 105 Å². The molecule has 2 heterocycles. The van der Waals surface area contributed by atoms with E-state index >= 15 is 0 Å². The summed E-state index contributed by atoms with van der Waals surface area (Å²) < 4.78 is 6.21. The van der Waals surface area contributed by atoms with Crippen molar-refractivity contribution < 1.29 is 9.21 Å². The van der Waals surface area contributed by atoms with E-state index in [0.717, 1.165) is 15.3 Å². The summed E-state index contributed by atoms with van der Waals surface area (Å²) in [5.41, 5.74) is 0. The van der Waals surface area contributed by atoms with E-state index in [1.165, 1.54) is 0 Å². The lowest BCUT2D eigenvalue weighted by molar-refractivity contribution is 0.109. The highest BCUT2D eigenvalue weighted by Gasteiger charge is 2.02. The summed E-state index contributed by atoms with van der Waals surface area (Å²) in [6.45, 7) is 0. The maximum Gasteiger partial charge on any atom is 0.185 e. The van der Waals surface area contributed by atoms with Gasteiger partial charge in [0.15, 0.2) is 12.0 Å². The normalized spacial score (nSPS) is 10.3. The molecule has 0 aliphatic heterocycles. The second-order valence-corrected chi connectivity index (χ2v) is 4.94. The van der Waals surface area contributed by atoms with Crippen LogP contribution in [-0.4, -0.2) is 11.3 Å². The summed E-state index contributed by atoms with van der Waals surface area (Å²) in [6, 6.07) is 7.33. The average molecular weight is 298 g/mol. The molecule has 0 amide bonds. The van der Waals surface area contributed by atoms with E-state index in [9.17, 15) is 4.79 Å². The molecule has 2 aromatic rings. The van der Waals surface area contributed by atoms with E-state index in [0.29, 0.717) is 17.8 Å². The SMILES string of the molecule is O=Cc1ccc(CSc2ccc(Br)cn2)o1. The molecular formula is C11H8BrNO2S. The Hall–Kier alpha value is -1.07. The Bertz CT molecular complexity index is 481. The summed E-state index contributed by atoms with van der Waals surface area (Å²) >= 11 is 4.89. The quantitative estimate of drug-likeness (QED) is 0.639. The van der Waals surface area contributed by atoms with Crippen molar-refractivity contribution >= 4 is 34.0 Å². The van der Waals surface area contributed by atoms with Gasteiger partial charge in [-0.1, -0.05) is 11.8 Å². The second-order valence-electron chi connectivity index (χ2n) is 3.03. The highest BCUT2D eigenvalue weighted by Crippen LogP contribution is 2.22. The van der Waals surface area contributed by atoms with Gasteiger partial charge in [-0.2, -0.15) is 0 Å². The van der Waals surface area contributed by atoms with Gasteiger partial charge < -0.3 is 4.42 Å². The van der Waals surface area contributed by atoms with Crippen molar-refractivity contribution in [3.05, 3.63) is 46.5 Å². The number of pyridine rings is 1. The van der Waals surface area contributed by atoms with Crippen LogP contribution in [0.3, 0.4) is 0 Å². The molecule has 0 atom stereocenters. The number of halogens is 1. The van der Waals surface area contributed by atoms with Gasteiger partial charge in [-0.05, 0) is 40.2 Å². The second kappa shape index (κ2) is 5.32. The van der Waals surface area contributed by atoms with E-state index in [-0.39, 0.29) is 0 Å². The molecule has 0 fully saturated rings. The Kier molecular flexibility index (Phi) is 3.79. The Balaban J connectivity index is 1.96. The summed E-state index contributed by atoms with van der Waals surface area (Å²) in [4.78, 5) is 14.6. The fraction of sp³-hybridized carbons (Fsp3) is 0.0909. The molecule has 5 heteroatoms. The molecule has 2 rings (SSSR count). The van der Waals surface area contributed by atoms with Gasteiger partial charge in [0, 0.05) is 10.7 Å². The first-order valence-electron chi connectivity index (χ1n) is 4.56. The topological polar surface area (TPSA) is 43.1 Å². The third kappa shape index (κ3) is 2.96. The van der Waals surface area contributed by atoms with Crippen LogP contribution in [0, 0.1) is 0 Å². The van der Waals surface area contributed by atoms with Crippen molar-refractivity contribution in [1.29, 1.82) is 0 Å². The van der Waals surface area contributed by atoms with E-state index in [4.69, 9.17) is 4.42 Å². The van der Waals surface area contributed by atoms with Crippen molar-refractivity contribution in [1.82, 2.24) is 4.98 Å². The lowest BCUT2D eigenvalue weighted by Gasteiger charge is -1.98. The van der Waals surface area contributed by atoms with Crippen LogP contribution in [0.25, 0.3) is 0 Å². The summed E-state index contributed by atoms with van der Waals surface area (Å²) in [7, 11) is 0. The molecule has 3 nitrogen and oxygen atoms in total. The molecule has 0 N–H and O–H groups in total. The summed E-state index contributed by atoms with van der Waals surface area (Å²) in [5, 5.41) is 0.923. The lowest BCUT2D eigenvalue weighted by atomic mass is 10.4. The molecule has 0 radical (unpaired) electrons. The lowest BCUT2D eigenvalue weighted by Crippen LogP contribution is -1.80. The summed E-state index contributed by atoms with van der Waals surface area (Å²) in [6.07, 6.45) is 2.45. The number of hydrogen-bond donors (Lipinski definition) is 0. The van der Waals surface area contributed by atoms with Crippen molar-refractivity contribution in [3.63, 3.8) is 0 Å². The van der Waals surface area contributed by atoms with Gasteiger partial charge >= 0.3 is 0 Å². The van der Waals surface area contributed by atoms with Crippen LogP contribution >= 0.6 is 27.7 Å². The van der Waals surface area contributed by atoms with E-state index in [2.05, 4.69) is 20.9 Å². The van der Waals surface area contributed by atoms with Crippen molar-refractivity contribution in [2.24, 2.45) is 0 Å². The molecule has 0 aromatic carbocycles. The van der Waals surface area contributed by atoms with E-state index in [1.807, 2.05) is 12.1 Å². The van der Waals surface area contributed by atoms with Gasteiger partial charge in [-0.25, -0.2) is 4.98 Å². The molecule has 0 spiro atoms. The molecule has 82 valence electrons. The minimum Gasteiger partial charge on any atom is -0.457 e. The number of thioether (sulfide) groups is 1. The predicted octanol–water partition coefficient (Wildman–Crippen LogP) is 3.54. The van der Waals surface area contributed by atoms with Gasteiger partial charge in [-0.3, -0.25) is 4.79 Å². The molecule has 0 saturated heterocycles. The molecule has 0 saturated carbocycles.